The first kappa shape index (κ1) is 17.2. The molecule has 0 aliphatic heterocycles. The molecule has 3 nitrogen and oxygen atoms in total. The molecule has 0 aromatic heterocycles. The maximum atomic E-state index is 12.4. The number of halogens is 1. The highest BCUT2D eigenvalue weighted by Crippen LogP contribution is 2.25. The average Bonchev–Trinajstić information content (AvgIpc) is 2.44. The molecule has 0 fully saturated rings. The van der Waals surface area contributed by atoms with Gasteiger partial charge in [-0.1, -0.05) is 48.0 Å². The zero-order valence-electron chi connectivity index (χ0n) is 12.6. The standard InChI is InChI=1S/C16H25BrN2O/c1-4-16(5-2,11-18)15(20)19-12(3)10-13-8-6-7-9-14(13)17/h6-9,12H,4-5,10-11,18H2,1-3H3,(H,19,20). The van der Waals surface area contributed by atoms with Crippen molar-refractivity contribution in [3.63, 3.8) is 0 Å². The Morgan fingerprint density at radius 2 is 1.95 bits per heavy atom. The molecule has 0 bridgehead atoms. The Labute approximate surface area is 130 Å². The fourth-order valence-corrected chi connectivity index (χ4v) is 2.82. The molecule has 0 saturated carbocycles. The van der Waals surface area contributed by atoms with Crippen molar-refractivity contribution in [3.05, 3.63) is 34.3 Å². The molecule has 112 valence electrons. The smallest absolute Gasteiger partial charge is 0.227 e. The monoisotopic (exact) mass is 340 g/mol. The summed E-state index contributed by atoms with van der Waals surface area (Å²) in [5.41, 5.74) is 6.59. The first-order valence-corrected chi connectivity index (χ1v) is 8.02. The zero-order valence-corrected chi connectivity index (χ0v) is 14.2. The summed E-state index contributed by atoms with van der Waals surface area (Å²) in [6.45, 7) is 6.47. The molecule has 1 unspecified atom stereocenters. The van der Waals surface area contributed by atoms with E-state index in [1.807, 2.05) is 39.0 Å². The van der Waals surface area contributed by atoms with Crippen molar-refractivity contribution >= 4 is 21.8 Å². The van der Waals surface area contributed by atoms with E-state index in [-0.39, 0.29) is 11.9 Å². The molecule has 3 N–H and O–H groups in total. The largest absolute Gasteiger partial charge is 0.353 e. The number of carbonyl (C=O) groups excluding carboxylic acids is 1. The van der Waals surface area contributed by atoms with Crippen LogP contribution in [0.5, 0.6) is 0 Å². The number of hydrogen-bond donors (Lipinski definition) is 2. The van der Waals surface area contributed by atoms with E-state index < -0.39 is 5.41 Å². The number of nitrogens with two attached hydrogens (primary N) is 1. The van der Waals surface area contributed by atoms with Crippen LogP contribution in [0.1, 0.15) is 39.2 Å². The van der Waals surface area contributed by atoms with E-state index in [2.05, 4.69) is 27.3 Å². The molecule has 0 saturated heterocycles. The highest BCUT2D eigenvalue weighted by atomic mass is 79.9. The molecule has 0 spiro atoms. The van der Waals surface area contributed by atoms with Gasteiger partial charge in [0.1, 0.15) is 0 Å². The van der Waals surface area contributed by atoms with Crippen molar-refractivity contribution in [2.45, 2.75) is 46.1 Å². The molecule has 1 amide bonds. The van der Waals surface area contributed by atoms with Crippen LogP contribution < -0.4 is 11.1 Å². The Balaban J connectivity index is 2.69. The minimum absolute atomic E-state index is 0.0737. The Hall–Kier alpha value is -0.870. The van der Waals surface area contributed by atoms with Gasteiger partial charge in [-0.3, -0.25) is 4.79 Å². The van der Waals surface area contributed by atoms with Gasteiger partial charge >= 0.3 is 0 Å². The molecule has 1 atom stereocenters. The van der Waals surface area contributed by atoms with Gasteiger partial charge in [0.15, 0.2) is 0 Å². The van der Waals surface area contributed by atoms with Crippen molar-refractivity contribution in [1.29, 1.82) is 0 Å². The lowest BCUT2D eigenvalue weighted by molar-refractivity contribution is -0.131. The highest BCUT2D eigenvalue weighted by molar-refractivity contribution is 9.10. The maximum absolute atomic E-state index is 12.4. The van der Waals surface area contributed by atoms with Crippen LogP contribution in [0, 0.1) is 5.41 Å². The van der Waals surface area contributed by atoms with E-state index in [0.717, 1.165) is 23.7 Å². The number of amides is 1. The van der Waals surface area contributed by atoms with Gasteiger partial charge in [0.2, 0.25) is 5.91 Å². The van der Waals surface area contributed by atoms with Crippen LogP contribution in [-0.2, 0) is 11.2 Å². The van der Waals surface area contributed by atoms with Crippen LogP contribution in [0.4, 0.5) is 0 Å². The summed E-state index contributed by atoms with van der Waals surface area (Å²) in [6, 6.07) is 8.18. The lowest BCUT2D eigenvalue weighted by Crippen LogP contribution is -2.48. The zero-order chi connectivity index (χ0) is 15.2. The molecule has 0 radical (unpaired) electrons. The first-order chi connectivity index (χ1) is 9.49. The molecular formula is C16H25BrN2O. The van der Waals surface area contributed by atoms with E-state index >= 15 is 0 Å². The number of rotatable bonds is 7. The predicted molar refractivity (Wildman–Crippen MR) is 87.5 cm³/mol. The van der Waals surface area contributed by atoms with Gasteiger partial charge in [-0.05, 0) is 37.8 Å². The number of hydrogen-bond acceptors (Lipinski definition) is 2. The summed E-state index contributed by atoms with van der Waals surface area (Å²) in [5, 5.41) is 3.11. The molecule has 1 aromatic rings. The van der Waals surface area contributed by atoms with Crippen molar-refractivity contribution < 1.29 is 4.79 Å². The molecule has 20 heavy (non-hydrogen) atoms. The van der Waals surface area contributed by atoms with Crippen LogP contribution in [0.3, 0.4) is 0 Å². The van der Waals surface area contributed by atoms with Crippen LogP contribution >= 0.6 is 15.9 Å². The summed E-state index contributed by atoms with van der Waals surface area (Å²) in [6.07, 6.45) is 2.35. The van der Waals surface area contributed by atoms with Gasteiger partial charge in [-0.2, -0.15) is 0 Å². The summed E-state index contributed by atoms with van der Waals surface area (Å²) in [5.74, 6) is 0.0737. The fourth-order valence-electron chi connectivity index (χ4n) is 2.37. The minimum atomic E-state index is -0.428. The Bertz CT molecular complexity index is 436. The summed E-state index contributed by atoms with van der Waals surface area (Å²) in [7, 11) is 0. The van der Waals surface area contributed by atoms with Crippen molar-refractivity contribution in [1.82, 2.24) is 5.32 Å². The number of benzene rings is 1. The van der Waals surface area contributed by atoms with E-state index in [1.165, 1.54) is 5.56 Å². The lowest BCUT2D eigenvalue weighted by atomic mass is 9.81. The van der Waals surface area contributed by atoms with Crippen molar-refractivity contribution in [2.24, 2.45) is 11.1 Å². The van der Waals surface area contributed by atoms with Crippen LogP contribution in [-0.4, -0.2) is 18.5 Å². The van der Waals surface area contributed by atoms with Crippen LogP contribution in [0.2, 0.25) is 0 Å². The van der Waals surface area contributed by atoms with E-state index in [4.69, 9.17) is 5.73 Å². The predicted octanol–water partition coefficient (Wildman–Crippen LogP) is 3.26. The number of carbonyl (C=O) groups is 1. The molecule has 1 aromatic carbocycles. The third kappa shape index (κ3) is 4.06. The Morgan fingerprint density at radius 1 is 1.35 bits per heavy atom. The Kier molecular flexibility index (Phi) is 6.69. The molecule has 1 rings (SSSR count). The minimum Gasteiger partial charge on any atom is -0.353 e. The molecular weight excluding hydrogens is 316 g/mol. The second kappa shape index (κ2) is 7.79. The van der Waals surface area contributed by atoms with Gasteiger partial charge in [-0.25, -0.2) is 0 Å². The highest BCUT2D eigenvalue weighted by Gasteiger charge is 2.33. The lowest BCUT2D eigenvalue weighted by Gasteiger charge is -2.30. The summed E-state index contributed by atoms with van der Waals surface area (Å²) >= 11 is 3.54. The second-order valence-corrected chi connectivity index (χ2v) is 6.22. The van der Waals surface area contributed by atoms with Gasteiger partial charge in [0.25, 0.3) is 0 Å². The first-order valence-electron chi connectivity index (χ1n) is 7.23. The molecule has 0 aliphatic rings. The average molecular weight is 341 g/mol. The SMILES string of the molecule is CCC(CC)(CN)C(=O)NC(C)Cc1ccccc1Br. The van der Waals surface area contributed by atoms with Gasteiger partial charge in [0, 0.05) is 17.1 Å². The second-order valence-electron chi connectivity index (χ2n) is 5.36. The van der Waals surface area contributed by atoms with Gasteiger partial charge in [-0.15, -0.1) is 0 Å². The van der Waals surface area contributed by atoms with Gasteiger partial charge in [0.05, 0.1) is 5.41 Å². The van der Waals surface area contributed by atoms with E-state index in [9.17, 15) is 4.79 Å². The Morgan fingerprint density at radius 3 is 2.45 bits per heavy atom. The van der Waals surface area contributed by atoms with Crippen molar-refractivity contribution in [2.75, 3.05) is 6.54 Å². The van der Waals surface area contributed by atoms with E-state index in [1.54, 1.807) is 0 Å². The van der Waals surface area contributed by atoms with Crippen molar-refractivity contribution in [3.8, 4) is 0 Å². The fraction of sp³-hybridized carbons (Fsp3) is 0.562. The molecule has 4 heteroatoms. The van der Waals surface area contributed by atoms with Gasteiger partial charge < -0.3 is 11.1 Å². The normalized spacial score (nSPS) is 13.1. The summed E-state index contributed by atoms with van der Waals surface area (Å²) < 4.78 is 1.08. The summed E-state index contributed by atoms with van der Waals surface area (Å²) in [4.78, 5) is 12.4. The topological polar surface area (TPSA) is 55.1 Å². The molecule has 0 heterocycles. The third-order valence-corrected chi connectivity index (χ3v) is 4.86. The van der Waals surface area contributed by atoms with Crippen LogP contribution in [0.25, 0.3) is 0 Å². The molecule has 0 aliphatic carbocycles. The van der Waals surface area contributed by atoms with E-state index in [0.29, 0.717) is 6.54 Å². The van der Waals surface area contributed by atoms with Crippen LogP contribution in [0.15, 0.2) is 28.7 Å². The maximum Gasteiger partial charge on any atom is 0.227 e. The third-order valence-electron chi connectivity index (χ3n) is 4.09. The number of nitrogens with one attached hydrogen (secondary N) is 1. The quantitative estimate of drug-likeness (QED) is 0.800.